The number of nitrogens with zero attached hydrogens (tertiary/aromatic N) is 1. The molecule has 110 valence electrons. The van der Waals surface area contributed by atoms with Crippen LogP contribution in [0.15, 0.2) is 30.3 Å². The number of likely N-dealkylation sites (N-methyl/N-ethyl adjacent to an activating group) is 1. The zero-order valence-electron chi connectivity index (χ0n) is 12.5. The Hall–Kier alpha value is -2.14. The lowest BCUT2D eigenvalue weighted by molar-refractivity contribution is -0.880. The van der Waals surface area contributed by atoms with Crippen molar-refractivity contribution in [3.05, 3.63) is 35.9 Å². The summed E-state index contributed by atoms with van der Waals surface area (Å²) < 4.78 is 4.93. The second-order valence-electron chi connectivity index (χ2n) is 5.55. The normalized spacial score (nSPS) is 16.2. The molecule has 2 aromatic rings. The Morgan fingerprint density at radius 3 is 2.71 bits per heavy atom. The fraction of sp³-hybridized carbons (Fsp3) is 0.375. The van der Waals surface area contributed by atoms with Gasteiger partial charge in [0.05, 0.1) is 19.7 Å². The third-order valence-electron chi connectivity index (χ3n) is 4.12. The number of methoxy groups -OCH3 is 1. The summed E-state index contributed by atoms with van der Waals surface area (Å²) >= 11 is 0. The van der Waals surface area contributed by atoms with E-state index in [2.05, 4.69) is 16.9 Å². The summed E-state index contributed by atoms with van der Waals surface area (Å²) in [5.74, 6) is 0.697. The number of nitrogens with one attached hydrogen (secondary N) is 2. The molecule has 0 radical (unpaired) electrons. The number of hydrogen-bond acceptors (Lipinski definition) is 3. The number of hydrogen-bond donors (Lipinski definition) is 1. The van der Waals surface area contributed by atoms with Crippen LogP contribution in [0.3, 0.4) is 0 Å². The quantitative estimate of drug-likeness (QED) is 0.777. The smallest absolute Gasteiger partial charge is 0.338 e. The van der Waals surface area contributed by atoms with Crippen molar-refractivity contribution in [3.8, 4) is 0 Å². The Morgan fingerprint density at radius 2 is 2.00 bits per heavy atom. The Bertz CT molecular complexity index is 664. The molecule has 1 fully saturated rings. The molecule has 2 N–H and O–H groups in total. The van der Waals surface area contributed by atoms with Crippen LogP contribution in [-0.2, 0) is 4.74 Å². The summed E-state index contributed by atoms with van der Waals surface area (Å²) in [6.07, 6.45) is 0. The minimum Gasteiger partial charge on any atom is -0.465 e. The van der Waals surface area contributed by atoms with E-state index in [1.54, 1.807) is 4.90 Å². The first-order valence-electron chi connectivity index (χ1n) is 7.28. The van der Waals surface area contributed by atoms with E-state index < -0.39 is 0 Å². The van der Waals surface area contributed by atoms with Gasteiger partial charge in [0.25, 0.3) is 5.82 Å². The van der Waals surface area contributed by atoms with E-state index in [0.717, 1.165) is 42.9 Å². The van der Waals surface area contributed by atoms with Gasteiger partial charge in [-0.15, -0.1) is 0 Å². The molecule has 3 rings (SSSR count). The van der Waals surface area contributed by atoms with Crippen molar-refractivity contribution in [2.45, 2.75) is 0 Å². The van der Waals surface area contributed by atoms with Crippen molar-refractivity contribution in [2.75, 3.05) is 45.2 Å². The van der Waals surface area contributed by atoms with Gasteiger partial charge < -0.3 is 9.64 Å². The van der Waals surface area contributed by atoms with E-state index in [4.69, 9.17) is 4.74 Å². The molecule has 0 unspecified atom stereocenters. The lowest BCUT2D eigenvalue weighted by atomic mass is 10.1. The molecule has 1 saturated heterocycles. The van der Waals surface area contributed by atoms with Gasteiger partial charge in [-0.3, -0.25) is 4.90 Å². The fourth-order valence-corrected chi connectivity index (χ4v) is 2.79. The summed E-state index contributed by atoms with van der Waals surface area (Å²) in [6.45, 7) is 4.19. The van der Waals surface area contributed by atoms with Crippen LogP contribution in [0, 0.1) is 0 Å². The van der Waals surface area contributed by atoms with E-state index in [1.165, 1.54) is 7.11 Å². The van der Waals surface area contributed by atoms with Crippen molar-refractivity contribution >= 4 is 22.7 Å². The Balaban J connectivity index is 2.05. The van der Waals surface area contributed by atoms with Crippen LogP contribution in [0.25, 0.3) is 10.9 Å². The summed E-state index contributed by atoms with van der Waals surface area (Å²) in [7, 11) is 3.63. The largest absolute Gasteiger partial charge is 0.465 e. The summed E-state index contributed by atoms with van der Waals surface area (Å²) in [6, 6.07) is 9.75. The second kappa shape index (κ2) is 5.69. The molecule has 5 nitrogen and oxygen atoms in total. The second-order valence-corrected chi connectivity index (χ2v) is 5.55. The molecular weight excluding hydrogens is 266 g/mol. The molecule has 0 amide bonds. The number of fused-ring (bicyclic) bond motifs is 1. The number of pyridine rings is 1. The fourth-order valence-electron chi connectivity index (χ4n) is 2.79. The zero-order chi connectivity index (χ0) is 14.8. The predicted molar refractivity (Wildman–Crippen MR) is 80.7 cm³/mol. The number of aromatic amines is 1. The molecule has 0 bridgehead atoms. The predicted octanol–water partition coefficient (Wildman–Crippen LogP) is -0.225. The van der Waals surface area contributed by atoms with Crippen LogP contribution in [0.4, 0.5) is 5.82 Å². The number of quaternary nitrogens is 1. The van der Waals surface area contributed by atoms with Gasteiger partial charge in [-0.1, -0.05) is 12.1 Å². The number of carbonyl (C=O) groups excluding carboxylic acids is 1. The SMILES string of the molecule is COC(=O)c1cc(N2CC[NH+](C)CC2)[nH+]c2ccccc12. The molecule has 1 aliphatic rings. The van der Waals surface area contributed by atoms with Gasteiger partial charge in [0.1, 0.15) is 31.7 Å². The van der Waals surface area contributed by atoms with Crippen LogP contribution in [-0.4, -0.2) is 46.3 Å². The van der Waals surface area contributed by atoms with Gasteiger partial charge in [0.2, 0.25) is 0 Å². The molecule has 0 aliphatic carbocycles. The topological polar surface area (TPSA) is 48.1 Å². The minimum absolute atomic E-state index is 0.291. The van der Waals surface area contributed by atoms with Crippen LogP contribution < -0.4 is 14.8 Å². The molecule has 1 aromatic heterocycles. The summed E-state index contributed by atoms with van der Waals surface area (Å²) in [5, 5.41) is 0.896. The number of para-hydroxylation sites is 1. The highest BCUT2D eigenvalue weighted by Crippen LogP contribution is 2.20. The number of anilines is 1. The Kier molecular flexibility index (Phi) is 3.75. The van der Waals surface area contributed by atoms with Crippen LogP contribution >= 0.6 is 0 Å². The number of benzene rings is 1. The van der Waals surface area contributed by atoms with Crippen molar-refractivity contribution in [1.82, 2.24) is 0 Å². The molecule has 1 aliphatic heterocycles. The molecule has 21 heavy (non-hydrogen) atoms. The van der Waals surface area contributed by atoms with Crippen LogP contribution in [0.1, 0.15) is 10.4 Å². The molecule has 2 heterocycles. The average molecular weight is 287 g/mol. The van der Waals surface area contributed by atoms with Crippen molar-refractivity contribution in [2.24, 2.45) is 0 Å². The monoisotopic (exact) mass is 287 g/mol. The number of piperazine rings is 1. The molecule has 0 spiro atoms. The van der Waals surface area contributed by atoms with E-state index >= 15 is 0 Å². The number of esters is 1. The van der Waals surface area contributed by atoms with Gasteiger partial charge in [-0.2, -0.15) is 0 Å². The van der Waals surface area contributed by atoms with E-state index in [9.17, 15) is 4.79 Å². The van der Waals surface area contributed by atoms with E-state index in [1.807, 2.05) is 30.3 Å². The van der Waals surface area contributed by atoms with E-state index in [0.29, 0.717) is 5.56 Å². The Labute approximate surface area is 124 Å². The third kappa shape index (κ3) is 2.69. The van der Waals surface area contributed by atoms with Gasteiger partial charge >= 0.3 is 5.97 Å². The highest BCUT2D eigenvalue weighted by molar-refractivity contribution is 6.03. The molecule has 1 aromatic carbocycles. The lowest BCUT2D eigenvalue weighted by Crippen LogP contribution is -3.12. The lowest BCUT2D eigenvalue weighted by Gasteiger charge is -2.25. The molecule has 0 atom stereocenters. The van der Waals surface area contributed by atoms with Gasteiger partial charge in [0, 0.05) is 11.5 Å². The number of rotatable bonds is 2. The zero-order valence-corrected chi connectivity index (χ0v) is 12.5. The first kappa shape index (κ1) is 13.8. The number of ether oxygens (including phenoxy) is 1. The number of aromatic nitrogens is 1. The summed E-state index contributed by atoms with van der Waals surface area (Å²) in [4.78, 5) is 19.3. The maximum absolute atomic E-state index is 12.1. The number of H-pyrrole nitrogens is 1. The van der Waals surface area contributed by atoms with E-state index in [-0.39, 0.29) is 5.97 Å². The molecular formula is C16H21N3O2+2. The van der Waals surface area contributed by atoms with Crippen molar-refractivity contribution in [3.63, 3.8) is 0 Å². The Morgan fingerprint density at radius 1 is 1.29 bits per heavy atom. The van der Waals surface area contributed by atoms with Gasteiger partial charge in [0.15, 0.2) is 0 Å². The highest BCUT2D eigenvalue weighted by atomic mass is 16.5. The highest BCUT2D eigenvalue weighted by Gasteiger charge is 2.26. The van der Waals surface area contributed by atoms with Crippen molar-refractivity contribution < 1.29 is 19.4 Å². The third-order valence-corrected chi connectivity index (χ3v) is 4.12. The van der Waals surface area contributed by atoms with Crippen molar-refractivity contribution in [1.29, 1.82) is 0 Å². The van der Waals surface area contributed by atoms with Gasteiger partial charge in [-0.05, 0) is 12.1 Å². The maximum atomic E-state index is 12.1. The first-order valence-corrected chi connectivity index (χ1v) is 7.28. The maximum Gasteiger partial charge on any atom is 0.338 e. The number of carbonyl (C=O) groups is 1. The van der Waals surface area contributed by atoms with Crippen LogP contribution in [0.5, 0.6) is 0 Å². The van der Waals surface area contributed by atoms with Crippen LogP contribution in [0.2, 0.25) is 0 Å². The minimum atomic E-state index is -0.291. The average Bonchev–Trinajstić information content (AvgIpc) is 2.53. The molecule has 5 heteroatoms. The summed E-state index contributed by atoms with van der Waals surface area (Å²) in [5.41, 5.74) is 1.58. The molecule has 0 saturated carbocycles. The van der Waals surface area contributed by atoms with Gasteiger partial charge in [-0.25, -0.2) is 9.78 Å². The first-order chi connectivity index (χ1) is 10.2. The standard InChI is InChI=1S/C16H19N3O2/c1-18-7-9-19(10-8-18)15-11-13(16(20)21-2)12-5-3-4-6-14(12)17-15/h3-6,11H,7-10H2,1-2H3/p+2.